The van der Waals surface area contributed by atoms with Crippen LogP contribution in [0.5, 0.6) is 0 Å². The lowest BCUT2D eigenvalue weighted by Crippen LogP contribution is -2.28. The molecule has 1 heterocycles. The van der Waals surface area contributed by atoms with Crippen molar-refractivity contribution >= 4 is 0 Å². The molecular weight excluding hydrogens is 138 g/mol. The molecule has 0 bridgehead atoms. The third-order valence-electron chi connectivity index (χ3n) is 2.04. The van der Waals surface area contributed by atoms with Crippen molar-refractivity contribution in [3.05, 3.63) is 12.2 Å². The SMILES string of the molecule is OCC/C=C\C1CCCNC1. The van der Waals surface area contributed by atoms with Crippen molar-refractivity contribution in [3.8, 4) is 0 Å². The molecule has 0 saturated carbocycles. The summed E-state index contributed by atoms with van der Waals surface area (Å²) in [5.41, 5.74) is 0. The minimum Gasteiger partial charge on any atom is -0.396 e. The van der Waals surface area contributed by atoms with Crippen LogP contribution in [0.4, 0.5) is 0 Å². The number of aliphatic hydroxyl groups is 1. The van der Waals surface area contributed by atoms with Gasteiger partial charge in [-0.2, -0.15) is 0 Å². The summed E-state index contributed by atoms with van der Waals surface area (Å²) < 4.78 is 0. The molecule has 11 heavy (non-hydrogen) atoms. The molecule has 1 saturated heterocycles. The summed E-state index contributed by atoms with van der Waals surface area (Å²) in [4.78, 5) is 0. The predicted octanol–water partition coefficient (Wildman–Crippen LogP) is 0.925. The summed E-state index contributed by atoms with van der Waals surface area (Å²) in [7, 11) is 0. The van der Waals surface area contributed by atoms with Crippen LogP contribution in [0.25, 0.3) is 0 Å². The molecule has 1 fully saturated rings. The van der Waals surface area contributed by atoms with E-state index in [0.717, 1.165) is 13.0 Å². The number of aliphatic hydroxyl groups excluding tert-OH is 1. The molecule has 1 atom stereocenters. The maximum atomic E-state index is 8.53. The molecule has 1 rings (SSSR count). The van der Waals surface area contributed by atoms with Gasteiger partial charge in [-0.3, -0.25) is 0 Å². The molecule has 2 heteroatoms. The fraction of sp³-hybridized carbons (Fsp3) is 0.778. The Balaban J connectivity index is 2.13. The molecule has 0 aromatic rings. The molecule has 0 radical (unpaired) electrons. The van der Waals surface area contributed by atoms with Gasteiger partial charge < -0.3 is 10.4 Å². The molecule has 0 aromatic carbocycles. The summed E-state index contributed by atoms with van der Waals surface area (Å²) in [5, 5.41) is 11.9. The zero-order valence-electron chi connectivity index (χ0n) is 6.92. The minimum atomic E-state index is 0.274. The number of hydrogen-bond acceptors (Lipinski definition) is 2. The Labute approximate surface area is 68.3 Å². The van der Waals surface area contributed by atoms with Crippen LogP contribution in [0.15, 0.2) is 12.2 Å². The van der Waals surface area contributed by atoms with E-state index in [2.05, 4.69) is 17.5 Å². The third kappa shape index (κ3) is 3.54. The van der Waals surface area contributed by atoms with Crippen LogP contribution in [-0.2, 0) is 0 Å². The van der Waals surface area contributed by atoms with Crippen molar-refractivity contribution in [2.75, 3.05) is 19.7 Å². The first-order chi connectivity index (χ1) is 5.43. The second-order valence-electron chi connectivity index (χ2n) is 3.05. The van der Waals surface area contributed by atoms with Gasteiger partial charge >= 0.3 is 0 Å². The van der Waals surface area contributed by atoms with Crippen LogP contribution in [0.1, 0.15) is 19.3 Å². The molecule has 0 spiro atoms. The lowest BCUT2D eigenvalue weighted by Gasteiger charge is -2.19. The fourth-order valence-electron chi connectivity index (χ4n) is 1.41. The maximum Gasteiger partial charge on any atom is 0.0465 e. The summed E-state index contributed by atoms with van der Waals surface area (Å²) in [6.45, 7) is 2.56. The Morgan fingerprint density at radius 2 is 2.45 bits per heavy atom. The second-order valence-corrected chi connectivity index (χ2v) is 3.05. The van der Waals surface area contributed by atoms with Crippen molar-refractivity contribution in [1.29, 1.82) is 0 Å². The molecule has 0 aliphatic carbocycles. The van der Waals surface area contributed by atoms with Gasteiger partial charge in [-0.05, 0) is 31.7 Å². The van der Waals surface area contributed by atoms with Gasteiger partial charge in [0.1, 0.15) is 0 Å². The third-order valence-corrected chi connectivity index (χ3v) is 2.04. The Kier molecular flexibility index (Phi) is 4.24. The van der Waals surface area contributed by atoms with E-state index in [1.54, 1.807) is 0 Å². The molecule has 1 aliphatic heterocycles. The molecule has 64 valence electrons. The van der Waals surface area contributed by atoms with Gasteiger partial charge in [0, 0.05) is 13.2 Å². The molecule has 2 N–H and O–H groups in total. The van der Waals surface area contributed by atoms with Crippen molar-refractivity contribution < 1.29 is 5.11 Å². The first-order valence-corrected chi connectivity index (χ1v) is 4.41. The van der Waals surface area contributed by atoms with Gasteiger partial charge in [-0.25, -0.2) is 0 Å². The number of nitrogens with one attached hydrogen (secondary N) is 1. The number of piperidine rings is 1. The van der Waals surface area contributed by atoms with E-state index in [9.17, 15) is 0 Å². The first kappa shape index (κ1) is 8.75. The van der Waals surface area contributed by atoms with Crippen molar-refractivity contribution in [2.45, 2.75) is 19.3 Å². The van der Waals surface area contributed by atoms with E-state index in [4.69, 9.17) is 5.11 Å². The highest BCUT2D eigenvalue weighted by atomic mass is 16.2. The smallest absolute Gasteiger partial charge is 0.0465 e. The zero-order chi connectivity index (χ0) is 7.94. The van der Waals surface area contributed by atoms with Gasteiger partial charge in [0.15, 0.2) is 0 Å². The number of rotatable bonds is 3. The molecule has 0 amide bonds. The lowest BCUT2D eigenvalue weighted by molar-refractivity contribution is 0.302. The Bertz CT molecular complexity index is 117. The van der Waals surface area contributed by atoms with Gasteiger partial charge in [0.2, 0.25) is 0 Å². The van der Waals surface area contributed by atoms with Gasteiger partial charge in [0.05, 0.1) is 0 Å². The lowest BCUT2D eigenvalue weighted by atomic mass is 9.99. The Hall–Kier alpha value is -0.340. The van der Waals surface area contributed by atoms with E-state index in [1.165, 1.54) is 19.4 Å². The van der Waals surface area contributed by atoms with E-state index >= 15 is 0 Å². The van der Waals surface area contributed by atoms with Gasteiger partial charge in [-0.15, -0.1) is 0 Å². The quantitative estimate of drug-likeness (QED) is 0.594. The summed E-state index contributed by atoms with van der Waals surface area (Å²) in [6, 6.07) is 0. The second kappa shape index (κ2) is 5.33. The van der Waals surface area contributed by atoms with Crippen molar-refractivity contribution in [3.63, 3.8) is 0 Å². The highest BCUT2D eigenvalue weighted by Crippen LogP contribution is 2.10. The molecular formula is C9H17NO. The van der Waals surface area contributed by atoms with Crippen molar-refractivity contribution in [2.24, 2.45) is 5.92 Å². The molecule has 2 nitrogen and oxygen atoms in total. The largest absolute Gasteiger partial charge is 0.396 e. The molecule has 0 aromatic heterocycles. The van der Waals surface area contributed by atoms with Gasteiger partial charge in [-0.1, -0.05) is 12.2 Å². The summed E-state index contributed by atoms with van der Waals surface area (Å²) in [5.74, 6) is 0.704. The van der Waals surface area contributed by atoms with E-state index in [-0.39, 0.29) is 6.61 Å². The Morgan fingerprint density at radius 1 is 1.55 bits per heavy atom. The zero-order valence-corrected chi connectivity index (χ0v) is 6.92. The van der Waals surface area contributed by atoms with Gasteiger partial charge in [0.25, 0.3) is 0 Å². The van der Waals surface area contributed by atoms with Crippen LogP contribution in [0.2, 0.25) is 0 Å². The summed E-state index contributed by atoms with van der Waals surface area (Å²) >= 11 is 0. The normalized spacial score (nSPS) is 26.1. The minimum absolute atomic E-state index is 0.274. The topological polar surface area (TPSA) is 32.3 Å². The average Bonchev–Trinajstić information content (AvgIpc) is 2.07. The van der Waals surface area contributed by atoms with Crippen LogP contribution < -0.4 is 5.32 Å². The first-order valence-electron chi connectivity index (χ1n) is 4.41. The highest BCUT2D eigenvalue weighted by molar-refractivity contribution is 4.90. The summed E-state index contributed by atoms with van der Waals surface area (Å²) in [6.07, 6.45) is 7.69. The fourth-order valence-corrected chi connectivity index (χ4v) is 1.41. The standard InChI is InChI=1S/C9H17NO/c11-7-2-1-4-9-5-3-6-10-8-9/h1,4,9-11H,2-3,5-8H2/b4-1-. The number of hydrogen-bond donors (Lipinski definition) is 2. The van der Waals surface area contributed by atoms with E-state index in [0.29, 0.717) is 5.92 Å². The van der Waals surface area contributed by atoms with Crippen LogP contribution in [-0.4, -0.2) is 24.8 Å². The highest BCUT2D eigenvalue weighted by Gasteiger charge is 2.08. The van der Waals surface area contributed by atoms with Crippen LogP contribution >= 0.6 is 0 Å². The van der Waals surface area contributed by atoms with E-state index in [1.807, 2.05) is 0 Å². The van der Waals surface area contributed by atoms with Crippen LogP contribution in [0.3, 0.4) is 0 Å². The maximum absolute atomic E-state index is 8.53. The van der Waals surface area contributed by atoms with E-state index < -0.39 is 0 Å². The van der Waals surface area contributed by atoms with Crippen molar-refractivity contribution in [1.82, 2.24) is 5.32 Å². The molecule has 1 aliphatic rings. The molecule has 1 unspecified atom stereocenters. The monoisotopic (exact) mass is 155 g/mol. The predicted molar refractivity (Wildman–Crippen MR) is 46.4 cm³/mol. The Morgan fingerprint density at radius 3 is 3.09 bits per heavy atom. The van der Waals surface area contributed by atoms with Crippen LogP contribution in [0, 0.1) is 5.92 Å². The average molecular weight is 155 g/mol.